The van der Waals surface area contributed by atoms with Crippen LogP contribution in [0.2, 0.25) is 0 Å². The van der Waals surface area contributed by atoms with E-state index in [9.17, 15) is 24.3 Å². The van der Waals surface area contributed by atoms with Gasteiger partial charge >= 0.3 is 29.6 Å². The molecular formula is C25H20N9NaO6S3. The Kier molecular flexibility index (Phi) is 10.8. The molecule has 1 fully saturated rings. The van der Waals surface area contributed by atoms with E-state index >= 15 is 0 Å². The molecule has 15 nitrogen and oxygen atoms in total. The van der Waals surface area contributed by atoms with E-state index in [1.54, 1.807) is 42.1 Å². The van der Waals surface area contributed by atoms with Crippen molar-refractivity contribution in [3.63, 3.8) is 0 Å². The van der Waals surface area contributed by atoms with Crippen LogP contribution in [0.25, 0.3) is 15.6 Å². The molecule has 220 valence electrons. The third-order valence-corrected chi connectivity index (χ3v) is 9.10. The Balaban J connectivity index is 0.00000442. The van der Waals surface area contributed by atoms with E-state index < -0.39 is 35.1 Å². The molecule has 44 heavy (non-hydrogen) atoms. The van der Waals surface area contributed by atoms with Crippen LogP contribution in [0.5, 0.6) is 0 Å². The van der Waals surface area contributed by atoms with Gasteiger partial charge in [-0.15, -0.1) is 40.4 Å². The SMILES string of the molecule is CCO/N=C(\C(=O)N[C@@H]1C(=O)N2C(C(=O)[O-])=C(/C=C/C[n+]3ccc4sc(C(=O)N=C=[N-])nc4c3)CS[C@H]12)c1csc(N)n1.[Na+]. The van der Waals surface area contributed by atoms with Crippen molar-refractivity contribution in [1.29, 1.82) is 0 Å². The number of carbonyl (C=O) groups is 4. The third-order valence-electron chi connectivity index (χ3n) is 6.10. The van der Waals surface area contributed by atoms with Gasteiger partial charge in [0.05, 0.1) is 16.4 Å². The first kappa shape index (κ1) is 33.1. The second kappa shape index (κ2) is 14.3. The van der Waals surface area contributed by atoms with Gasteiger partial charge in [0.15, 0.2) is 34.8 Å². The maximum Gasteiger partial charge on any atom is 1.00 e. The number of pyridine rings is 1. The number of carboxylic acid groups (broad SMARTS) is 1. The van der Waals surface area contributed by atoms with Crippen LogP contribution in [0.1, 0.15) is 22.4 Å². The predicted molar refractivity (Wildman–Crippen MR) is 156 cm³/mol. The van der Waals surface area contributed by atoms with Gasteiger partial charge in [-0.2, -0.15) is 4.57 Å². The van der Waals surface area contributed by atoms with E-state index in [1.165, 1.54) is 23.2 Å². The van der Waals surface area contributed by atoms with E-state index in [0.717, 1.165) is 32.3 Å². The van der Waals surface area contributed by atoms with E-state index in [2.05, 4.69) is 25.4 Å². The molecule has 3 aromatic rings. The molecular weight excluding hydrogens is 642 g/mol. The molecule has 2 aliphatic heterocycles. The summed E-state index contributed by atoms with van der Waals surface area (Å²) in [6.45, 7) is 2.21. The Bertz CT molecular complexity index is 1800. The molecule has 0 saturated carbocycles. The smallest absolute Gasteiger partial charge is 0.543 e. The van der Waals surface area contributed by atoms with Crippen molar-refractivity contribution < 1.29 is 63.2 Å². The maximum atomic E-state index is 13.1. The quantitative estimate of drug-likeness (QED) is 0.0733. The topological polar surface area (TPSA) is 219 Å². The number of anilines is 1. The number of allylic oxidation sites excluding steroid dienone is 2. The summed E-state index contributed by atoms with van der Waals surface area (Å²) in [5, 5.41) is 28.3. The number of nitrogen functional groups attached to an aromatic ring is 1. The molecule has 0 radical (unpaired) electrons. The second-order valence-electron chi connectivity index (χ2n) is 8.78. The van der Waals surface area contributed by atoms with Gasteiger partial charge in [-0.3, -0.25) is 19.3 Å². The zero-order chi connectivity index (χ0) is 30.7. The van der Waals surface area contributed by atoms with Crippen LogP contribution in [-0.2, 0) is 25.8 Å². The van der Waals surface area contributed by atoms with Gasteiger partial charge in [0, 0.05) is 17.2 Å². The number of rotatable bonds is 10. The molecule has 3 amide bonds. The van der Waals surface area contributed by atoms with Gasteiger partial charge in [0.25, 0.3) is 11.8 Å². The number of thioether (sulfide) groups is 1. The Labute approximate surface area is 283 Å². The molecule has 3 N–H and O–H groups in total. The van der Waals surface area contributed by atoms with Crippen molar-refractivity contribution in [3.05, 3.63) is 63.4 Å². The summed E-state index contributed by atoms with van der Waals surface area (Å²) in [7, 11) is 0. The van der Waals surface area contributed by atoms with Gasteiger partial charge in [0.2, 0.25) is 5.91 Å². The molecule has 0 aromatic carbocycles. The van der Waals surface area contributed by atoms with Gasteiger partial charge in [0.1, 0.15) is 29.2 Å². The van der Waals surface area contributed by atoms with Crippen molar-refractivity contribution in [1.82, 2.24) is 20.2 Å². The average molecular weight is 662 g/mol. The summed E-state index contributed by atoms with van der Waals surface area (Å²) in [5.74, 6) is -3.31. The molecule has 1 saturated heterocycles. The molecule has 5 heterocycles. The molecule has 0 spiro atoms. The van der Waals surface area contributed by atoms with Crippen molar-refractivity contribution in [2.75, 3.05) is 18.1 Å². The monoisotopic (exact) mass is 661 g/mol. The zero-order valence-electron chi connectivity index (χ0n) is 23.1. The van der Waals surface area contributed by atoms with E-state index in [0.29, 0.717) is 17.6 Å². The summed E-state index contributed by atoms with van der Waals surface area (Å²) in [6.07, 6.45) is 6.78. The number of β-lactam (4-membered cyclic amide) rings is 1. The molecule has 5 rings (SSSR count). The van der Waals surface area contributed by atoms with Gasteiger partial charge in [-0.1, -0.05) is 11.2 Å². The van der Waals surface area contributed by atoms with Crippen molar-refractivity contribution in [2.45, 2.75) is 24.9 Å². The van der Waals surface area contributed by atoms with E-state index in [1.807, 2.05) is 0 Å². The number of nitrogens with one attached hydrogen (secondary N) is 1. The summed E-state index contributed by atoms with van der Waals surface area (Å²) < 4.78 is 2.50. The van der Waals surface area contributed by atoms with Crippen LogP contribution in [0.15, 0.2) is 57.4 Å². The minimum absolute atomic E-state index is 0. The number of nitrogens with two attached hydrogens (primary N) is 1. The third kappa shape index (κ3) is 6.81. The minimum atomic E-state index is -1.52. The standard InChI is InChI=1S/C25H21N9O6S3.Na/c1-2-40-32-16(14-10-42-25(27)30-14)19(35)31-17-22(37)34-18(24(38)39)12(9-41-23(17)34)4-3-6-33-7-5-15-13(8-33)29-21(43-15)20(36)28-11-26;/h3-5,7-8,10,17,23H,2,6,9H2,1H3,(H2,27,30)(H,31,35)(H,38,39);/q;+1/p-1/b4-3+,32-16-;/t17-,23-;/m1./s1. The number of oxime groups is 1. The van der Waals surface area contributed by atoms with Gasteiger partial charge < -0.3 is 36.2 Å². The number of carboxylic acids is 1. The number of carbonyl (C=O) groups excluding carboxylic acids is 4. The summed E-state index contributed by atoms with van der Waals surface area (Å²) in [6, 6.07) is 2.21. The van der Waals surface area contributed by atoms with Crippen molar-refractivity contribution >= 4 is 85.2 Å². The Morgan fingerprint density at radius 2 is 2.18 bits per heavy atom. The number of aromatic nitrogens is 3. The fourth-order valence-corrected chi connectivity index (χ4v) is 6.92. The maximum absolute atomic E-state index is 13.1. The molecule has 0 aliphatic carbocycles. The van der Waals surface area contributed by atoms with Crippen LogP contribution in [0, 0.1) is 0 Å². The molecule has 3 aromatic heterocycles. The summed E-state index contributed by atoms with van der Waals surface area (Å²) >= 11 is 3.52. The molecule has 19 heteroatoms. The number of aliphatic imine (C=N–C) groups is 1. The summed E-state index contributed by atoms with van der Waals surface area (Å²) in [5.41, 5.74) is 6.35. The predicted octanol–water partition coefficient (Wildman–Crippen LogP) is -3.09. The molecule has 0 unspecified atom stereocenters. The first-order valence-electron chi connectivity index (χ1n) is 12.4. The summed E-state index contributed by atoms with van der Waals surface area (Å²) in [4.78, 5) is 67.6. The Morgan fingerprint density at radius 3 is 2.86 bits per heavy atom. The Morgan fingerprint density at radius 1 is 1.39 bits per heavy atom. The van der Waals surface area contributed by atoms with Crippen LogP contribution >= 0.6 is 34.4 Å². The number of thiazole rings is 2. The molecule has 2 aliphatic rings. The number of hydrogen-bond donors (Lipinski definition) is 2. The normalized spacial score (nSPS) is 17.9. The van der Waals surface area contributed by atoms with Crippen LogP contribution < -0.4 is 50.3 Å². The van der Waals surface area contributed by atoms with Crippen LogP contribution in [0.4, 0.5) is 5.13 Å². The fraction of sp³-hybridized carbons (Fsp3) is 0.240. The van der Waals surface area contributed by atoms with Gasteiger partial charge in [-0.05, 0) is 18.6 Å². The van der Waals surface area contributed by atoms with Crippen LogP contribution in [-0.4, -0.2) is 74.1 Å². The molecule has 0 bridgehead atoms. The fourth-order valence-electron chi connectivity index (χ4n) is 4.23. The minimum Gasteiger partial charge on any atom is -0.543 e. The average Bonchev–Trinajstić information content (AvgIpc) is 3.61. The van der Waals surface area contributed by atoms with E-state index in [4.69, 9.17) is 16.0 Å². The molecule has 2 atom stereocenters. The van der Waals surface area contributed by atoms with Crippen molar-refractivity contribution in [3.8, 4) is 0 Å². The number of fused-ring (bicyclic) bond motifs is 2. The van der Waals surface area contributed by atoms with Crippen LogP contribution in [0.3, 0.4) is 0 Å². The van der Waals surface area contributed by atoms with Crippen molar-refractivity contribution in [2.24, 2.45) is 10.1 Å². The largest absolute Gasteiger partial charge is 1.00 e. The number of amides is 3. The first-order chi connectivity index (χ1) is 20.7. The number of hydrogen-bond acceptors (Lipinski definition) is 13. The first-order valence-corrected chi connectivity index (χ1v) is 15.2. The Hall–Kier alpha value is -3.77. The number of nitrogens with zero attached hydrogens (tertiary/aromatic N) is 7. The van der Waals surface area contributed by atoms with E-state index in [-0.39, 0.29) is 69.2 Å². The zero-order valence-corrected chi connectivity index (χ0v) is 27.6. The van der Waals surface area contributed by atoms with Gasteiger partial charge in [-0.25, -0.2) is 9.97 Å². The second-order valence-corrected chi connectivity index (χ2v) is 11.8. The number of aliphatic carboxylic acids is 1.